The summed E-state index contributed by atoms with van der Waals surface area (Å²) in [7, 11) is 0. The summed E-state index contributed by atoms with van der Waals surface area (Å²) in [5.41, 5.74) is 1.05. The summed E-state index contributed by atoms with van der Waals surface area (Å²) in [4.78, 5) is 8.92. The molecule has 0 radical (unpaired) electrons. The summed E-state index contributed by atoms with van der Waals surface area (Å²) in [5, 5.41) is 0.588. The van der Waals surface area contributed by atoms with Crippen molar-refractivity contribution in [2.75, 3.05) is 0 Å². The number of nitrogens with zero attached hydrogens (tertiary/aromatic N) is 2. The Morgan fingerprint density at radius 3 is 2.33 bits per heavy atom. The topological polar surface area (TPSA) is 25.8 Å². The van der Waals surface area contributed by atoms with Gasteiger partial charge in [0.25, 0.3) is 0 Å². The number of halogens is 2. The minimum absolute atomic E-state index is 0.352. The second-order valence-electron chi connectivity index (χ2n) is 4.02. The van der Waals surface area contributed by atoms with Crippen molar-refractivity contribution in [3.8, 4) is 0 Å². The third kappa shape index (κ3) is 3.03. The molecule has 1 aromatic heterocycles. The molecule has 2 nitrogen and oxygen atoms in total. The fourth-order valence-electron chi connectivity index (χ4n) is 1.22. The minimum Gasteiger partial charge on any atom is -0.236 e. The van der Waals surface area contributed by atoms with Crippen LogP contribution in [0.1, 0.15) is 45.1 Å². The predicted molar refractivity (Wildman–Crippen MR) is 72.4 cm³/mol. The number of hydrogen-bond donors (Lipinski definition) is 0. The van der Waals surface area contributed by atoms with Crippen molar-refractivity contribution in [3.63, 3.8) is 0 Å². The molecule has 1 unspecified atom stereocenters. The van der Waals surface area contributed by atoms with Crippen LogP contribution < -0.4 is 0 Å². The molecule has 0 saturated heterocycles. The van der Waals surface area contributed by atoms with Crippen molar-refractivity contribution in [2.24, 2.45) is 5.92 Å². The highest BCUT2D eigenvalue weighted by Gasteiger charge is 2.16. The van der Waals surface area contributed by atoms with Gasteiger partial charge in [0.15, 0.2) is 0 Å². The lowest BCUT2D eigenvalue weighted by molar-refractivity contribution is 0.508. The van der Waals surface area contributed by atoms with Gasteiger partial charge in [-0.2, -0.15) is 0 Å². The maximum Gasteiger partial charge on any atom is 0.146 e. The molecule has 0 aromatic carbocycles. The molecule has 0 aliphatic heterocycles. The van der Waals surface area contributed by atoms with E-state index in [0.29, 0.717) is 17.0 Å². The molecule has 1 aromatic rings. The Morgan fingerprint density at radius 2 is 1.87 bits per heavy atom. The van der Waals surface area contributed by atoms with Crippen molar-refractivity contribution in [2.45, 2.75) is 40.0 Å². The Balaban J connectivity index is 3.16. The van der Waals surface area contributed by atoms with E-state index in [4.69, 9.17) is 11.6 Å². The molecule has 15 heavy (non-hydrogen) atoms. The van der Waals surface area contributed by atoms with Crippen molar-refractivity contribution >= 4 is 34.2 Å². The zero-order chi connectivity index (χ0) is 11.6. The van der Waals surface area contributed by atoms with Crippen molar-refractivity contribution in [3.05, 3.63) is 20.2 Å². The monoisotopic (exact) mass is 338 g/mol. The molecule has 1 rings (SSSR count). The molecular formula is C11H16ClIN2. The van der Waals surface area contributed by atoms with Crippen LogP contribution in [0.5, 0.6) is 0 Å². The summed E-state index contributed by atoms with van der Waals surface area (Å²) in [5.74, 6) is 1.75. The highest BCUT2D eigenvalue weighted by atomic mass is 127. The third-order valence-corrected chi connectivity index (χ3v) is 4.36. The van der Waals surface area contributed by atoms with Crippen LogP contribution in [-0.4, -0.2) is 9.97 Å². The van der Waals surface area contributed by atoms with E-state index in [-0.39, 0.29) is 0 Å². The minimum atomic E-state index is 0.352. The molecular weight excluding hydrogens is 322 g/mol. The van der Waals surface area contributed by atoms with E-state index in [1.807, 2.05) is 0 Å². The number of rotatable bonds is 3. The quantitative estimate of drug-likeness (QED) is 0.613. The van der Waals surface area contributed by atoms with Gasteiger partial charge in [0.05, 0.1) is 9.26 Å². The lowest BCUT2D eigenvalue weighted by Crippen LogP contribution is -2.10. The Labute approximate surface area is 110 Å². The Bertz CT molecular complexity index is 353. The standard InChI is InChI=1S/C11H16ClIN2/c1-5-8-9(13)10(12)15-11(14-8)7(4)6(2)3/h6-7H,5H2,1-4H3. The Hall–Kier alpha value is 0.100. The fourth-order valence-corrected chi connectivity index (χ4v) is 2.04. The highest BCUT2D eigenvalue weighted by Crippen LogP contribution is 2.25. The van der Waals surface area contributed by atoms with E-state index in [9.17, 15) is 0 Å². The lowest BCUT2D eigenvalue weighted by atomic mass is 9.97. The van der Waals surface area contributed by atoms with Gasteiger partial charge in [0.1, 0.15) is 11.0 Å². The first kappa shape index (κ1) is 13.2. The molecule has 4 heteroatoms. The van der Waals surface area contributed by atoms with E-state index in [1.165, 1.54) is 0 Å². The summed E-state index contributed by atoms with van der Waals surface area (Å²) < 4.78 is 0.983. The average Bonchev–Trinajstić information content (AvgIpc) is 2.20. The first-order chi connectivity index (χ1) is 6.97. The van der Waals surface area contributed by atoms with E-state index >= 15 is 0 Å². The van der Waals surface area contributed by atoms with Gasteiger partial charge in [-0.3, -0.25) is 0 Å². The van der Waals surface area contributed by atoms with Gasteiger partial charge in [0.2, 0.25) is 0 Å². The van der Waals surface area contributed by atoms with Gasteiger partial charge in [0, 0.05) is 5.92 Å². The van der Waals surface area contributed by atoms with E-state index in [0.717, 1.165) is 21.5 Å². The van der Waals surface area contributed by atoms with Crippen LogP contribution in [0.4, 0.5) is 0 Å². The van der Waals surface area contributed by atoms with Crippen LogP contribution in [-0.2, 0) is 6.42 Å². The van der Waals surface area contributed by atoms with Gasteiger partial charge in [-0.05, 0) is 34.9 Å². The molecule has 0 N–H and O–H groups in total. The van der Waals surface area contributed by atoms with Crippen LogP contribution in [0.15, 0.2) is 0 Å². The summed E-state index contributed by atoms with van der Waals surface area (Å²) in [6.45, 7) is 8.57. The second kappa shape index (κ2) is 5.43. The van der Waals surface area contributed by atoms with Crippen LogP contribution in [0.3, 0.4) is 0 Å². The second-order valence-corrected chi connectivity index (χ2v) is 5.46. The lowest BCUT2D eigenvalue weighted by Gasteiger charge is -2.15. The van der Waals surface area contributed by atoms with Crippen molar-refractivity contribution in [1.82, 2.24) is 9.97 Å². The van der Waals surface area contributed by atoms with Gasteiger partial charge in [-0.25, -0.2) is 9.97 Å². The molecule has 1 heterocycles. The van der Waals surface area contributed by atoms with E-state index in [1.54, 1.807) is 0 Å². The molecule has 0 spiro atoms. The van der Waals surface area contributed by atoms with Crippen LogP contribution >= 0.6 is 34.2 Å². The molecule has 84 valence electrons. The molecule has 0 aliphatic carbocycles. The predicted octanol–water partition coefficient (Wildman–Crippen LogP) is 4.06. The molecule has 0 saturated carbocycles. The highest BCUT2D eigenvalue weighted by molar-refractivity contribution is 14.1. The summed E-state index contributed by atoms with van der Waals surface area (Å²) in [6.07, 6.45) is 0.901. The molecule has 0 amide bonds. The van der Waals surface area contributed by atoms with E-state index in [2.05, 4.69) is 60.3 Å². The van der Waals surface area contributed by atoms with Gasteiger partial charge < -0.3 is 0 Å². The SMILES string of the molecule is CCc1nc(C(C)C(C)C)nc(Cl)c1I. The molecule has 0 aliphatic rings. The zero-order valence-corrected chi connectivity index (χ0v) is 12.4. The maximum atomic E-state index is 6.09. The van der Waals surface area contributed by atoms with Crippen LogP contribution in [0, 0.1) is 9.49 Å². The normalized spacial score (nSPS) is 13.3. The average molecular weight is 339 g/mol. The van der Waals surface area contributed by atoms with Gasteiger partial charge >= 0.3 is 0 Å². The molecule has 1 atom stereocenters. The number of aromatic nitrogens is 2. The van der Waals surface area contributed by atoms with Crippen LogP contribution in [0.2, 0.25) is 5.15 Å². The van der Waals surface area contributed by atoms with Gasteiger partial charge in [-0.1, -0.05) is 39.3 Å². The summed E-state index contributed by atoms with van der Waals surface area (Å²) >= 11 is 8.29. The fraction of sp³-hybridized carbons (Fsp3) is 0.636. The third-order valence-electron chi connectivity index (χ3n) is 2.64. The first-order valence-electron chi connectivity index (χ1n) is 5.19. The first-order valence-corrected chi connectivity index (χ1v) is 6.64. The van der Waals surface area contributed by atoms with Crippen LogP contribution in [0.25, 0.3) is 0 Å². The Morgan fingerprint density at radius 1 is 1.27 bits per heavy atom. The largest absolute Gasteiger partial charge is 0.236 e. The van der Waals surface area contributed by atoms with Crippen molar-refractivity contribution < 1.29 is 0 Å². The molecule has 0 bridgehead atoms. The zero-order valence-electron chi connectivity index (χ0n) is 9.51. The molecule has 0 fully saturated rings. The summed E-state index contributed by atoms with van der Waals surface area (Å²) in [6, 6.07) is 0. The van der Waals surface area contributed by atoms with Crippen molar-refractivity contribution in [1.29, 1.82) is 0 Å². The Kier molecular flexibility index (Phi) is 4.77. The smallest absolute Gasteiger partial charge is 0.146 e. The maximum absolute atomic E-state index is 6.09. The van der Waals surface area contributed by atoms with E-state index < -0.39 is 0 Å². The number of hydrogen-bond acceptors (Lipinski definition) is 2. The number of aryl methyl sites for hydroxylation is 1. The van der Waals surface area contributed by atoms with Gasteiger partial charge in [-0.15, -0.1) is 0 Å².